The van der Waals surface area contributed by atoms with E-state index in [-0.39, 0.29) is 17.9 Å². The van der Waals surface area contributed by atoms with Crippen molar-refractivity contribution in [3.63, 3.8) is 0 Å². The van der Waals surface area contributed by atoms with Gasteiger partial charge in [-0.25, -0.2) is 9.97 Å². The van der Waals surface area contributed by atoms with E-state index in [1.165, 1.54) is 5.69 Å². The molecule has 2 aromatic heterocycles. The number of aromatic nitrogens is 3. The van der Waals surface area contributed by atoms with E-state index in [1.807, 2.05) is 6.07 Å². The van der Waals surface area contributed by atoms with Crippen LogP contribution in [0.25, 0.3) is 22.6 Å². The second-order valence-electron chi connectivity index (χ2n) is 9.24. The lowest BCUT2D eigenvalue weighted by molar-refractivity contribution is -0.119. The fraction of sp³-hybridized carbons (Fsp3) is 0.400. The first-order valence-electron chi connectivity index (χ1n) is 11.7. The maximum atomic E-state index is 11.7. The SMILES string of the molecule is NC(=O)CC1C2C=CC(C2)C1Nc1ccnc2nc(-c3ccc(N4CCOCC4)cc3)[nH]c12. The summed E-state index contributed by atoms with van der Waals surface area (Å²) in [6.07, 6.45) is 7.78. The highest BCUT2D eigenvalue weighted by Gasteiger charge is 2.45. The number of carbonyl (C=O) groups excluding carboxylic acids is 1. The predicted molar refractivity (Wildman–Crippen MR) is 128 cm³/mol. The van der Waals surface area contributed by atoms with Gasteiger partial charge in [-0.2, -0.15) is 0 Å². The smallest absolute Gasteiger partial charge is 0.217 e. The van der Waals surface area contributed by atoms with E-state index in [4.69, 9.17) is 15.5 Å². The molecule has 1 saturated heterocycles. The third-order valence-corrected chi connectivity index (χ3v) is 7.29. The number of rotatable bonds is 6. The molecule has 1 saturated carbocycles. The van der Waals surface area contributed by atoms with Crippen LogP contribution >= 0.6 is 0 Å². The zero-order chi connectivity index (χ0) is 22.4. The van der Waals surface area contributed by atoms with Crippen molar-refractivity contribution in [2.75, 3.05) is 36.5 Å². The molecule has 1 amide bonds. The van der Waals surface area contributed by atoms with Crippen LogP contribution in [-0.2, 0) is 9.53 Å². The molecular weight excluding hydrogens is 416 g/mol. The van der Waals surface area contributed by atoms with Crippen molar-refractivity contribution in [1.82, 2.24) is 15.0 Å². The second kappa shape index (κ2) is 8.19. The minimum Gasteiger partial charge on any atom is -0.380 e. The lowest BCUT2D eigenvalue weighted by Gasteiger charge is -2.29. The van der Waals surface area contributed by atoms with Gasteiger partial charge < -0.3 is 25.7 Å². The molecule has 170 valence electrons. The van der Waals surface area contributed by atoms with Crippen molar-refractivity contribution in [3.05, 3.63) is 48.7 Å². The Kier molecular flexibility index (Phi) is 5.02. The number of anilines is 2. The molecule has 1 aliphatic heterocycles. The Bertz CT molecular complexity index is 1200. The topological polar surface area (TPSA) is 109 Å². The first-order chi connectivity index (χ1) is 16.2. The van der Waals surface area contributed by atoms with Crippen LogP contribution in [0.4, 0.5) is 11.4 Å². The molecule has 33 heavy (non-hydrogen) atoms. The van der Waals surface area contributed by atoms with Crippen LogP contribution in [0.3, 0.4) is 0 Å². The van der Waals surface area contributed by atoms with E-state index in [9.17, 15) is 4.79 Å². The van der Waals surface area contributed by atoms with Gasteiger partial charge in [0.05, 0.1) is 18.9 Å². The van der Waals surface area contributed by atoms with E-state index >= 15 is 0 Å². The monoisotopic (exact) mass is 444 g/mol. The maximum absolute atomic E-state index is 11.7. The third-order valence-electron chi connectivity index (χ3n) is 7.29. The molecule has 2 bridgehead atoms. The molecular formula is C25H28N6O2. The van der Waals surface area contributed by atoms with Crippen LogP contribution in [0.15, 0.2) is 48.7 Å². The van der Waals surface area contributed by atoms with Crippen molar-refractivity contribution in [3.8, 4) is 11.4 Å². The number of amides is 1. The van der Waals surface area contributed by atoms with Crippen LogP contribution in [0, 0.1) is 17.8 Å². The Morgan fingerprint density at radius 2 is 1.94 bits per heavy atom. The fourth-order valence-electron chi connectivity index (χ4n) is 5.65. The number of nitrogens with zero attached hydrogens (tertiary/aromatic N) is 3. The van der Waals surface area contributed by atoms with Gasteiger partial charge in [0, 0.05) is 43.0 Å². The van der Waals surface area contributed by atoms with E-state index in [0.29, 0.717) is 23.9 Å². The molecule has 3 aromatic rings. The molecule has 8 nitrogen and oxygen atoms in total. The first-order valence-corrected chi connectivity index (χ1v) is 11.7. The Hall–Kier alpha value is -3.39. The van der Waals surface area contributed by atoms with Crippen LogP contribution in [0.5, 0.6) is 0 Å². The molecule has 4 N–H and O–H groups in total. The minimum absolute atomic E-state index is 0.178. The zero-order valence-corrected chi connectivity index (χ0v) is 18.4. The summed E-state index contributed by atoms with van der Waals surface area (Å²) in [5, 5.41) is 3.70. The third kappa shape index (κ3) is 3.74. The highest BCUT2D eigenvalue weighted by molar-refractivity contribution is 5.88. The fourth-order valence-corrected chi connectivity index (χ4v) is 5.65. The molecule has 1 aromatic carbocycles. The summed E-state index contributed by atoms with van der Waals surface area (Å²) in [6, 6.07) is 10.6. The Labute approximate surface area is 192 Å². The molecule has 2 aliphatic carbocycles. The maximum Gasteiger partial charge on any atom is 0.217 e. The highest BCUT2D eigenvalue weighted by atomic mass is 16.5. The molecule has 4 atom stereocenters. The number of morpholine rings is 1. The van der Waals surface area contributed by atoms with Crippen molar-refractivity contribution in [2.24, 2.45) is 23.5 Å². The number of hydrogen-bond donors (Lipinski definition) is 3. The van der Waals surface area contributed by atoms with Gasteiger partial charge in [-0.05, 0) is 54.5 Å². The Morgan fingerprint density at radius 3 is 2.73 bits per heavy atom. The molecule has 0 spiro atoms. The number of carbonyl (C=O) groups is 1. The summed E-state index contributed by atoms with van der Waals surface area (Å²) in [5.74, 6) is 1.60. The largest absolute Gasteiger partial charge is 0.380 e. The standard InChI is InChI=1S/C25H28N6O2/c26-21(32)14-19-16-1-2-17(13-16)22(19)28-20-7-8-27-25-23(20)29-24(30-25)15-3-5-18(6-4-15)31-9-11-33-12-10-31/h1-8,16-17,19,22H,9-14H2,(H2,26,32)(H2,27,28,29,30). The number of aromatic amines is 1. The summed E-state index contributed by atoms with van der Waals surface area (Å²) < 4.78 is 5.45. The number of nitrogens with one attached hydrogen (secondary N) is 2. The molecule has 8 heteroatoms. The number of H-pyrrole nitrogens is 1. The van der Waals surface area contributed by atoms with Gasteiger partial charge in [0.2, 0.25) is 5.91 Å². The number of pyridine rings is 1. The van der Waals surface area contributed by atoms with E-state index in [2.05, 4.69) is 56.6 Å². The van der Waals surface area contributed by atoms with Crippen LogP contribution in [-0.4, -0.2) is 53.2 Å². The molecule has 6 rings (SSSR count). The van der Waals surface area contributed by atoms with Crippen molar-refractivity contribution in [2.45, 2.75) is 18.9 Å². The highest BCUT2D eigenvalue weighted by Crippen LogP contribution is 2.46. The predicted octanol–water partition coefficient (Wildman–Crippen LogP) is 2.94. The van der Waals surface area contributed by atoms with Crippen molar-refractivity contribution in [1.29, 1.82) is 0 Å². The number of nitrogens with two attached hydrogens (primary N) is 1. The quantitative estimate of drug-likeness (QED) is 0.505. The van der Waals surface area contributed by atoms with E-state index in [0.717, 1.165) is 55.3 Å². The average molecular weight is 445 g/mol. The molecule has 0 radical (unpaired) electrons. The summed E-state index contributed by atoms with van der Waals surface area (Å²) in [5.41, 5.74) is 10.3. The van der Waals surface area contributed by atoms with E-state index < -0.39 is 0 Å². The lowest BCUT2D eigenvalue weighted by atomic mass is 9.86. The lowest BCUT2D eigenvalue weighted by Crippen LogP contribution is -2.36. The van der Waals surface area contributed by atoms with Crippen LogP contribution in [0.1, 0.15) is 12.8 Å². The van der Waals surface area contributed by atoms with Gasteiger partial charge in [-0.3, -0.25) is 4.79 Å². The van der Waals surface area contributed by atoms with Gasteiger partial charge in [-0.15, -0.1) is 0 Å². The summed E-state index contributed by atoms with van der Waals surface area (Å²) in [6.45, 7) is 3.37. The normalized spacial score (nSPS) is 26.2. The number of fused-ring (bicyclic) bond motifs is 3. The number of hydrogen-bond acceptors (Lipinski definition) is 6. The van der Waals surface area contributed by atoms with Gasteiger partial charge in [0.25, 0.3) is 0 Å². The number of allylic oxidation sites excluding steroid dienone is 1. The molecule has 2 fully saturated rings. The second-order valence-corrected chi connectivity index (χ2v) is 9.24. The van der Waals surface area contributed by atoms with E-state index in [1.54, 1.807) is 6.20 Å². The zero-order valence-electron chi connectivity index (χ0n) is 18.4. The number of ether oxygens (including phenoxy) is 1. The summed E-state index contributed by atoms with van der Waals surface area (Å²) >= 11 is 0. The average Bonchev–Trinajstić information content (AvgIpc) is 3.56. The van der Waals surface area contributed by atoms with Crippen LogP contribution < -0.4 is 16.0 Å². The van der Waals surface area contributed by atoms with Crippen molar-refractivity contribution < 1.29 is 9.53 Å². The number of imidazole rings is 1. The number of benzene rings is 1. The van der Waals surface area contributed by atoms with Gasteiger partial charge in [0.15, 0.2) is 5.65 Å². The van der Waals surface area contributed by atoms with Crippen LogP contribution in [0.2, 0.25) is 0 Å². The Balaban J connectivity index is 1.26. The Morgan fingerprint density at radius 1 is 1.15 bits per heavy atom. The minimum atomic E-state index is -0.239. The first kappa shape index (κ1) is 20.2. The molecule has 3 aliphatic rings. The molecule has 3 heterocycles. The molecule has 4 unspecified atom stereocenters. The van der Waals surface area contributed by atoms with Crippen molar-refractivity contribution >= 4 is 28.4 Å². The summed E-state index contributed by atoms with van der Waals surface area (Å²) in [4.78, 5) is 26.7. The van der Waals surface area contributed by atoms with Gasteiger partial charge >= 0.3 is 0 Å². The summed E-state index contributed by atoms with van der Waals surface area (Å²) in [7, 11) is 0. The van der Waals surface area contributed by atoms with Gasteiger partial charge in [0.1, 0.15) is 11.3 Å². The van der Waals surface area contributed by atoms with Gasteiger partial charge in [-0.1, -0.05) is 12.2 Å². The number of primary amides is 1.